The van der Waals surface area contributed by atoms with Crippen molar-refractivity contribution in [3.05, 3.63) is 59.7 Å². The van der Waals surface area contributed by atoms with Crippen LogP contribution in [0.1, 0.15) is 36.3 Å². The maximum absolute atomic E-state index is 11.6. The van der Waals surface area contributed by atoms with Gasteiger partial charge < -0.3 is 5.73 Å². The van der Waals surface area contributed by atoms with Gasteiger partial charge >= 0.3 is 0 Å². The lowest BCUT2D eigenvalue weighted by molar-refractivity contribution is -0.122. The van der Waals surface area contributed by atoms with Crippen LogP contribution in [0.4, 0.5) is 0 Å². The Balaban J connectivity index is 1.66. The van der Waals surface area contributed by atoms with Crippen molar-refractivity contribution in [2.24, 2.45) is 11.7 Å². The lowest BCUT2D eigenvalue weighted by Crippen LogP contribution is -2.25. The lowest BCUT2D eigenvalue weighted by atomic mass is 9.87. The summed E-state index contributed by atoms with van der Waals surface area (Å²) >= 11 is 0. The molecule has 2 atom stereocenters. The first kappa shape index (κ1) is 19.6. The van der Waals surface area contributed by atoms with Crippen molar-refractivity contribution < 1.29 is 13.2 Å². The molecule has 0 aliphatic heterocycles. The summed E-state index contributed by atoms with van der Waals surface area (Å²) in [6.07, 6.45) is 4.77. The Kier molecular flexibility index (Phi) is 5.97. The third-order valence-corrected chi connectivity index (χ3v) is 6.01. The minimum atomic E-state index is -3.14. The molecule has 0 bridgehead atoms. The standard InChI is InChI=1S/C21H26N2O3S/c1-27(25,26)23-14-13-15-5-7-16(8-6-15)17-9-11-18(12-10-17)19-3-2-4-20(19)21(22)24/h5-12,19-20,23H,2-4,13-14H2,1H3,(H2,22,24). The Bertz CT molecular complexity index is 890. The molecule has 144 valence electrons. The fraction of sp³-hybridized carbons (Fsp3) is 0.381. The maximum Gasteiger partial charge on any atom is 0.221 e. The number of carbonyl (C=O) groups excluding carboxylic acids is 1. The van der Waals surface area contributed by atoms with Crippen molar-refractivity contribution in [1.29, 1.82) is 0 Å². The fourth-order valence-electron chi connectivity index (χ4n) is 3.87. The van der Waals surface area contributed by atoms with Crippen LogP contribution >= 0.6 is 0 Å². The Morgan fingerprint density at radius 1 is 1.04 bits per heavy atom. The van der Waals surface area contributed by atoms with Crippen molar-refractivity contribution in [3.8, 4) is 11.1 Å². The molecule has 6 heteroatoms. The normalized spacial score (nSPS) is 19.9. The van der Waals surface area contributed by atoms with E-state index in [2.05, 4.69) is 29.0 Å². The molecule has 2 unspecified atom stereocenters. The molecule has 1 saturated carbocycles. The Morgan fingerprint density at radius 3 is 2.19 bits per heavy atom. The van der Waals surface area contributed by atoms with Crippen molar-refractivity contribution in [2.75, 3.05) is 12.8 Å². The van der Waals surface area contributed by atoms with Crippen LogP contribution in [0.15, 0.2) is 48.5 Å². The van der Waals surface area contributed by atoms with Gasteiger partial charge in [-0.05, 0) is 47.4 Å². The number of hydrogen-bond acceptors (Lipinski definition) is 3. The Labute approximate surface area is 161 Å². The second-order valence-electron chi connectivity index (χ2n) is 7.28. The van der Waals surface area contributed by atoms with Crippen LogP contribution in [-0.2, 0) is 21.2 Å². The quantitative estimate of drug-likeness (QED) is 0.767. The zero-order valence-electron chi connectivity index (χ0n) is 15.5. The van der Waals surface area contributed by atoms with Crippen molar-refractivity contribution in [3.63, 3.8) is 0 Å². The minimum Gasteiger partial charge on any atom is -0.369 e. The number of rotatable bonds is 7. The summed E-state index contributed by atoms with van der Waals surface area (Å²) < 4.78 is 24.7. The number of primary amides is 1. The highest BCUT2D eigenvalue weighted by Crippen LogP contribution is 2.39. The van der Waals surface area contributed by atoms with Gasteiger partial charge in [-0.2, -0.15) is 0 Å². The lowest BCUT2D eigenvalue weighted by Gasteiger charge is -2.17. The van der Waals surface area contributed by atoms with E-state index in [0.717, 1.165) is 42.2 Å². The van der Waals surface area contributed by atoms with E-state index in [9.17, 15) is 13.2 Å². The summed E-state index contributed by atoms with van der Waals surface area (Å²) in [6, 6.07) is 16.5. The largest absolute Gasteiger partial charge is 0.369 e. The molecule has 0 saturated heterocycles. The molecule has 0 heterocycles. The number of nitrogens with one attached hydrogen (secondary N) is 1. The molecule has 1 aliphatic carbocycles. The number of carbonyl (C=O) groups is 1. The first-order valence-electron chi connectivity index (χ1n) is 9.27. The van der Waals surface area contributed by atoms with Gasteiger partial charge in [0.2, 0.25) is 15.9 Å². The summed E-state index contributed by atoms with van der Waals surface area (Å²) in [5.41, 5.74) is 10.0. The fourth-order valence-corrected chi connectivity index (χ4v) is 4.34. The van der Waals surface area contributed by atoms with Gasteiger partial charge in [0.1, 0.15) is 0 Å². The molecule has 0 spiro atoms. The van der Waals surface area contributed by atoms with Gasteiger partial charge in [0.25, 0.3) is 0 Å². The third kappa shape index (κ3) is 5.17. The monoisotopic (exact) mass is 386 g/mol. The van der Waals surface area contributed by atoms with Crippen molar-refractivity contribution in [2.45, 2.75) is 31.6 Å². The molecular weight excluding hydrogens is 360 g/mol. The molecule has 27 heavy (non-hydrogen) atoms. The molecule has 0 radical (unpaired) electrons. The zero-order valence-corrected chi connectivity index (χ0v) is 16.3. The van der Waals surface area contributed by atoms with Crippen LogP contribution in [0.5, 0.6) is 0 Å². The highest BCUT2D eigenvalue weighted by atomic mass is 32.2. The van der Waals surface area contributed by atoms with E-state index in [1.807, 2.05) is 24.3 Å². The molecule has 2 aromatic carbocycles. The summed E-state index contributed by atoms with van der Waals surface area (Å²) in [6.45, 7) is 0.398. The molecular formula is C21H26N2O3S. The minimum absolute atomic E-state index is 0.0457. The van der Waals surface area contributed by atoms with Crippen LogP contribution in [0.3, 0.4) is 0 Å². The molecule has 3 N–H and O–H groups in total. The van der Waals surface area contributed by atoms with E-state index >= 15 is 0 Å². The van der Waals surface area contributed by atoms with E-state index in [-0.39, 0.29) is 17.7 Å². The highest BCUT2D eigenvalue weighted by Gasteiger charge is 2.32. The SMILES string of the molecule is CS(=O)(=O)NCCc1ccc(-c2ccc(C3CCCC3C(N)=O)cc2)cc1. The number of nitrogens with two attached hydrogens (primary N) is 1. The summed E-state index contributed by atoms with van der Waals surface area (Å²) in [7, 11) is -3.14. The van der Waals surface area contributed by atoms with Gasteiger partial charge in [-0.25, -0.2) is 13.1 Å². The van der Waals surface area contributed by atoms with Gasteiger partial charge in [0.15, 0.2) is 0 Å². The van der Waals surface area contributed by atoms with Gasteiger partial charge in [0.05, 0.1) is 6.26 Å². The van der Waals surface area contributed by atoms with Crippen molar-refractivity contribution >= 4 is 15.9 Å². The second-order valence-corrected chi connectivity index (χ2v) is 9.11. The predicted octanol–water partition coefficient (Wildman–Crippen LogP) is 2.81. The van der Waals surface area contributed by atoms with Crippen LogP contribution in [-0.4, -0.2) is 27.1 Å². The van der Waals surface area contributed by atoms with E-state index < -0.39 is 10.0 Å². The maximum atomic E-state index is 11.6. The molecule has 2 aromatic rings. The molecule has 3 rings (SSSR count). The van der Waals surface area contributed by atoms with E-state index in [1.54, 1.807) is 0 Å². The van der Waals surface area contributed by atoms with E-state index in [1.165, 1.54) is 5.56 Å². The first-order valence-corrected chi connectivity index (χ1v) is 11.2. The first-order chi connectivity index (χ1) is 12.8. The molecule has 5 nitrogen and oxygen atoms in total. The number of amides is 1. The Morgan fingerprint density at radius 2 is 1.63 bits per heavy atom. The van der Waals surface area contributed by atoms with Gasteiger partial charge in [-0.15, -0.1) is 0 Å². The smallest absolute Gasteiger partial charge is 0.221 e. The summed E-state index contributed by atoms with van der Waals surface area (Å²) in [5.74, 6) is -0.000485. The van der Waals surface area contributed by atoms with Gasteiger partial charge in [-0.3, -0.25) is 4.79 Å². The molecule has 1 fully saturated rings. The van der Waals surface area contributed by atoms with E-state index in [4.69, 9.17) is 5.73 Å². The van der Waals surface area contributed by atoms with Crippen LogP contribution in [0.2, 0.25) is 0 Å². The van der Waals surface area contributed by atoms with E-state index in [0.29, 0.717) is 13.0 Å². The second kappa shape index (κ2) is 8.23. The number of hydrogen-bond donors (Lipinski definition) is 2. The molecule has 0 aromatic heterocycles. The van der Waals surface area contributed by atoms with Gasteiger partial charge in [-0.1, -0.05) is 55.0 Å². The number of benzene rings is 2. The topological polar surface area (TPSA) is 89.3 Å². The summed E-state index contributed by atoms with van der Waals surface area (Å²) in [4.78, 5) is 11.6. The molecule has 1 amide bonds. The van der Waals surface area contributed by atoms with Crippen LogP contribution in [0, 0.1) is 5.92 Å². The van der Waals surface area contributed by atoms with Crippen LogP contribution < -0.4 is 10.5 Å². The summed E-state index contributed by atoms with van der Waals surface area (Å²) in [5, 5.41) is 0. The predicted molar refractivity (Wildman–Crippen MR) is 108 cm³/mol. The van der Waals surface area contributed by atoms with Gasteiger partial charge in [0, 0.05) is 12.5 Å². The molecule has 1 aliphatic rings. The Hall–Kier alpha value is -2.18. The highest BCUT2D eigenvalue weighted by molar-refractivity contribution is 7.88. The van der Waals surface area contributed by atoms with Crippen LogP contribution in [0.25, 0.3) is 11.1 Å². The van der Waals surface area contributed by atoms with Crippen molar-refractivity contribution in [1.82, 2.24) is 4.72 Å². The number of sulfonamides is 1. The average Bonchev–Trinajstić information content (AvgIpc) is 3.11. The zero-order chi connectivity index (χ0) is 19.4. The third-order valence-electron chi connectivity index (χ3n) is 5.29. The average molecular weight is 387 g/mol.